The van der Waals surface area contributed by atoms with Gasteiger partial charge in [0, 0.05) is 32.8 Å². The average molecular weight is 543 g/mol. The number of rotatable bonds is 8. The Kier molecular flexibility index (Phi) is 7.66. The minimum Gasteiger partial charge on any atom is -0.396 e. The Bertz CT molecular complexity index is 1270. The van der Waals surface area contributed by atoms with E-state index in [0.29, 0.717) is 29.1 Å². The van der Waals surface area contributed by atoms with Crippen LogP contribution in [-0.2, 0) is 14.6 Å². The molecule has 0 radical (unpaired) electrons. The van der Waals surface area contributed by atoms with Crippen molar-refractivity contribution in [1.82, 2.24) is 4.98 Å². The lowest BCUT2D eigenvalue weighted by Gasteiger charge is -2.35. The summed E-state index contributed by atoms with van der Waals surface area (Å²) in [6, 6.07) is 10.3. The van der Waals surface area contributed by atoms with Crippen LogP contribution in [0.2, 0.25) is 0 Å². The molecular weight excluding hydrogens is 504 g/mol. The van der Waals surface area contributed by atoms with Gasteiger partial charge in [0.2, 0.25) is 0 Å². The number of morpholine rings is 1. The average Bonchev–Trinajstić information content (AvgIpc) is 3.67. The topological polar surface area (TPSA) is 112 Å². The number of aliphatic hydroxyl groups is 1. The summed E-state index contributed by atoms with van der Waals surface area (Å²) in [5.74, 6) is 0.391. The number of piperidine rings is 1. The molecule has 2 atom stereocenters. The normalized spacial score (nSPS) is 21.8. The zero-order valence-corrected chi connectivity index (χ0v) is 23.0. The molecule has 0 bridgehead atoms. The smallest absolute Gasteiger partial charge is 0.258 e. The molecule has 1 unspecified atom stereocenters. The fourth-order valence-electron chi connectivity index (χ4n) is 5.46. The van der Waals surface area contributed by atoms with Crippen molar-refractivity contribution in [2.45, 2.75) is 50.5 Å². The van der Waals surface area contributed by atoms with Crippen molar-refractivity contribution in [3.8, 4) is 0 Å². The lowest BCUT2D eigenvalue weighted by Crippen LogP contribution is -2.41. The molecular formula is C28H38N4O5S. The molecule has 1 amide bonds. The van der Waals surface area contributed by atoms with Crippen LogP contribution in [0.4, 0.5) is 17.3 Å². The van der Waals surface area contributed by atoms with Gasteiger partial charge in [-0.15, -0.1) is 0 Å². The number of sulfone groups is 1. The number of hydrogen-bond acceptors (Lipinski definition) is 8. The number of benzene rings is 1. The van der Waals surface area contributed by atoms with E-state index in [0.717, 1.165) is 44.8 Å². The van der Waals surface area contributed by atoms with Crippen LogP contribution < -0.4 is 15.1 Å². The van der Waals surface area contributed by atoms with Crippen LogP contribution >= 0.6 is 0 Å². The highest BCUT2D eigenvalue weighted by atomic mass is 32.2. The molecule has 9 nitrogen and oxygen atoms in total. The van der Waals surface area contributed by atoms with E-state index < -0.39 is 9.84 Å². The SMILES string of the molecule is CC(CO)CS(=O)(=O)c1ccc(C(=O)Nc2cccc(N3CCO[C@H](C)C3)n2)c(N2CCC3(CC2)CC3)c1. The number of anilines is 3. The summed E-state index contributed by atoms with van der Waals surface area (Å²) in [5.41, 5.74) is 1.51. The second kappa shape index (κ2) is 10.8. The molecule has 1 aliphatic carbocycles. The van der Waals surface area contributed by atoms with Gasteiger partial charge in [-0.1, -0.05) is 13.0 Å². The van der Waals surface area contributed by atoms with Crippen molar-refractivity contribution in [2.24, 2.45) is 11.3 Å². The summed E-state index contributed by atoms with van der Waals surface area (Å²) >= 11 is 0. The number of nitrogens with zero attached hydrogens (tertiary/aromatic N) is 3. The van der Waals surface area contributed by atoms with Crippen molar-refractivity contribution in [3.05, 3.63) is 42.0 Å². The van der Waals surface area contributed by atoms with Gasteiger partial charge in [0.25, 0.3) is 5.91 Å². The van der Waals surface area contributed by atoms with Gasteiger partial charge in [-0.05, 0) is 74.3 Å². The molecule has 1 aromatic carbocycles. The number of aromatic nitrogens is 1. The van der Waals surface area contributed by atoms with Crippen LogP contribution in [0.25, 0.3) is 0 Å². The number of carbonyl (C=O) groups excluding carboxylic acids is 1. The van der Waals surface area contributed by atoms with E-state index in [4.69, 9.17) is 4.74 Å². The molecule has 1 aromatic heterocycles. The summed E-state index contributed by atoms with van der Waals surface area (Å²) in [6.07, 6.45) is 4.72. The minimum atomic E-state index is -3.61. The van der Waals surface area contributed by atoms with Gasteiger partial charge in [0.15, 0.2) is 9.84 Å². The summed E-state index contributed by atoms with van der Waals surface area (Å²) in [7, 11) is -3.61. The first-order valence-corrected chi connectivity index (χ1v) is 15.2. The molecule has 1 spiro atoms. The van der Waals surface area contributed by atoms with Crippen molar-refractivity contribution in [2.75, 3.05) is 60.3 Å². The third-order valence-electron chi connectivity index (χ3n) is 8.05. The van der Waals surface area contributed by atoms with Crippen LogP contribution in [-0.4, -0.2) is 75.7 Å². The van der Waals surface area contributed by atoms with E-state index in [1.165, 1.54) is 18.9 Å². The predicted molar refractivity (Wildman–Crippen MR) is 148 cm³/mol. The molecule has 3 aliphatic rings. The molecule has 5 rings (SSSR count). The molecule has 2 aliphatic heterocycles. The zero-order chi connectivity index (χ0) is 26.9. The van der Waals surface area contributed by atoms with E-state index in [-0.39, 0.29) is 35.2 Å². The summed E-state index contributed by atoms with van der Waals surface area (Å²) in [5, 5.41) is 12.3. The maximum Gasteiger partial charge on any atom is 0.258 e. The van der Waals surface area contributed by atoms with Crippen LogP contribution in [0.15, 0.2) is 41.3 Å². The Balaban J connectivity index is 1.41. The number of aliphatic hydroxyl groups excluding tert-OH is 1. The number of nitrogens with one attached hydrogen (secondary N) is 1. The van der Waals surface area contributed by atoms with Crippen LogP contribution in [0.3, 0.4) is 0 Å². The minimum absolute atomic E-state index is 0.112. The fraction of sp³-hybridized carbons (Fsp3) is 0.571. The number of hydrogen-bond donors (Lipinski definition) is 2. The highest BCUT2D eigenvalue weighted by Crippen LogP contribution is 2.54. The Morgan fingerprint density at radius 2 is 1.92 bits per heavy atom. The summed E-state index contributed by atoms with van der Waals surface area (Å²) in [4.78, 5) is 22.7. The molecule has 3 fully saturated rings. The van der Waals surface area contributed by atoms with Gasteiger partial charge in [0.1, 0.15) is 11.6 Å². The van der Waals surface area contributed by atoms with Crippen molar-refractivity contribution < 1.29 is 23.1 Å². The molecule has 38 heavy (non-hydrogen) atoms. The largest absolute Gasteiger partial charge is 0.396 e. The molecule has 206 valence electrons. The maximum atomic E-state index is 13.5. The Hall–Kier alpha value is -2.69. The predicted octanol–water partition coefficient (Wildman–Crippen LogP) is 3.34. The highest BCUT2D eigenvalue weighted by molar-refractivity contribution is 7.91. The number of amides is 1. The quantitative estimate of drug-likeness (QED) is 0.523. The molecule has 2 aromatic rings. The lowest BCUT2D eigenvalue weighted by atomic mass is 9.93. The molecule has 3 heterocycles. The molecule has 1 saturated carbocycles. The Labute approximate surface area is 225 Å². The molecule has 2 N–H and O–H groups in total. The monoisotopic (exact) mass is 542 g/mol. The Morgan fingerprint density at radius 3 is 2.61 bits per heavy atom. The Morgan fingerprint density at radius 1 is 1.16 bits per heavy atom. The number of pyridine rings is 1. The lowest BCUT2D eigenvalue weighted by molar-refractivity contribution is 0.0529. The molecule has 2 saturated heterocycles. The maximum absolute atomic E-state index is 13.5. The van der Waals surface area contributed by atoms with E-state index in [1.807, 2.05) is 19.1 Å². The molecule has 10 heteroatoms. The van der Waals surface area contributed by atoms with Gasteiger partial charge < -0.3 is 25.0 Å². The van der Waals surface area contributed by atoms with E-state index in [9.17, 15) is 18.3 Å². The van der Waals surface area contributed by atoms with E-state index >= 15 is 0 Å². The zero-order valence-electron chi connectivity index (χ0n) is 22.2. The third-order valence-corrected chi connectivity index (χ3v) is 10.0. The van der Waals surface area contributed by atoms with Gasteiger partial charge in [-0.2, -0.15) is 0 Å². The first-order chi connectivity index (χ1) is 18.2. The van der Waals surface area contributed by atoms with Gasteiger partial charge >= 0.3 is 0 Å². The van der Waals surface area contributed by atoms with E-state index in [2.05, 4.69) is 20.1 Å². The number of ether oxygens (including phenoxy) is 1. The fourth-order valence-corrected chi connectivity index (χ4v) is 7.07. The van der Waals surface area contributed by atoms with Crippen LogP contribution in [0.5, 0.6) is 0 Å². The first-order valence-electron chi connectivity index (χ1n) is 13.6. The second-order valence-electron chi connectivity index (χ2n) is 11.2. The number of carbonyl (C=O) groups is 1. The van der Waals surface area contributed by atoms with Crippen molar-refractivity contribution in [1.29, 1.82) is 0 Å². The van der Waals surface area contributed by atoms with Gasteiger partial charge in [-0.25, -0.2) is 13.4 Å². The van der Waals surface area contributed by atoms with Crippen LogP contribution in [0, 0.1) is 11.3 Å². The van der Waals surface area contributed by atoms with Crippen molar-refractivity contribution in [3.63, 3.8) is 0 Å². The van der Waals surface area contributed by atoms with Crippen LogP contribution in [0.1, 0.15) is 49.9 Å². The summed E-state index contributed by atoms with van der Waals surface area (Å²) in [6.45, 7) is 7.22. The first kappa shape index (κ1) is 26.9. The van der Waals surface area contributed by atoms with Gasteiger partial charge in [0.05, 0.1) is 34.6 Å². The van der Waals surface area contributed by atoms with Gasteiger partial charge in [-0.3, -0.25) is 4.79 Å². The van der Waals surface area contributed by atoms with Crippen molar-refractivity contribution >= 4 is 33.1 Å². The highest BCUT2D eigenvalue weighted by Gasteiger charge is 2.44. The standard InChI is InChI=1S/C28H38N4O5S/c1-20(18-33)19-38(35,36)22-6-7-23(24(16-22)31-12-10-28(8-9-28)11-13-31)27(34)30-25-4-3-5-26(29-25)32-14-15-37-21(2)17-32/h3-7,16,20-21,33H,8-15,17-19H2,1-2H3,(H,29,30,34)/t20?,21-/m1/s1. The third kappa shape index (κ3) is 5.97. The van der Waals surface area contributed by atoms with E-state index in [1.54, 1.807) is 25.1 Å². The second-order valence-corrected chi connectivity index (χ2v) is 13.2. The summed E-state index contributed by atoms with van der Waals surface area (Å²) < 4.78 is 31.8.